The molecule has 4 aromatic rings. The van der Waals surface area contributed by atoms with E-state index in [4.69, 9.17) is 0 Å². The van der Waals surface area contributed by atoms with E-state index < -0.39 is 47.4 Å². The summed E-state index contributed by atoms with van der Waals surface area (Å²) in [5.74, 6) is -9.88. The van der Waals surface area contributed by atoms with Gasteiger partial charge in [-0.2, -0.15) is 0 Å². The number of hydrogen-bond donors (Lipinski definition) is 2. The van der Waals surface area contributed by atoms with Gasteiger partial charge in [0.2, 0.25) is 11.8 Å². The van der Waals surface area contributed by atoms with Crippen LogP contribution in [0.2, 0.25) is 0 Å². The van der Waals surface area contributed by atoms with Gasteiger partial charge in [-0.05, 0) is 22.3 Å². The molecular weight excluding hydrogens is 652 g/mol. The summed E-state index contributed by atoms with van der Waals surface area (Å²) in [5, 5.41) is 20.5. The molecule has 2 N–H and O–H groups in total. The highest BCUT2D eigenvalue weighted by Crippen LogP contribution is 2.49. The van der Waals surface area contributed by atoms with E-state index in [2.05, 4.69) is 0 Å². The second-order valence-corrected chi connectivity index (χ2v) is 12.6. The second kappa shape index (κ2) is 18.6. The van der Waals surface area contributed by atoms with Crippen molar-refractivity contribution in [2.24, 2.45) is 23.7 Å². The van der Waals surface area contributed by atoms with Crippen LogP contribution in [0.5, 0.6) is 0 Å². The highest BCUT2D eigenvalue weighted by atomic mass is 16.4. The molecule has 0 aliphatic heterocycles. The van der Waals surface area contributed by atoms with Crippen molar-refractivity contribution in [1.29, 1.82) is 0 Å². The van der Waals surface area contributed by atoms with Crippen molar-refractivity contribution in [3.63, 3.8) is 0 Å². The van der Waals surface area contributed by atoms with E-state index in [0.717, 1.165) is 22.3 Å². The van der Waals surface area contributed by atoms with Gasteiger partial charge in [-0.15, -0.1) is 0 Å². The number of rotatable bonds is 16. The Morgan fingerprint density at radius 1 is 0.462 bits per heavy atom. The number of carbonyl (C=O) groups is 4. The molecule has 0 spiro atoms. The van der Waals surface area contributed by atoms with Gasteiger partial charge in [0.1, 0.15) is 0 Å². The van der Waals surface area contributed by atoms with Crippen LogP contribution in [0.1, 0.15) is 22.3 Å². The second-order valence-electron chi connectivity index (χ2n) is 12.6. The molecule has 0 aromatic heterocycles. The third kappa shape index (κ3) is 9.91. The predicted octanol–water partition coefficient (Wildman–Crippen LogP) is 7.23. The van der Waals surface area contributed by atoms with Crippen LogP contribution in [0.4, 0.5) is 0 Å². The van der Waals surface area contributed by atoms with Gasteiger partial charge in [0.05, 0.1) is 23.7 Å². The van der Waals surface area contributed by atoms with E-state index in [9.17, 15) is 29.4 Å². The van der Waals surface area contributed by atoms with Crippen LogP contribution < -0.4 is 0 Å². The number of benzene rings is 4. The molecule has 8 heteroatoms. The molecule has 4 atom stereocenters. The monoisotopic (exact) mass is 694 g/mol. The van der Waals surface area contributed by atoms with Crippen molar-refractivity contribution in [3.8, 4) is 0 Å². The Balaban J connectivity index is 1.43. The lowest BCUT2D eigenvalue weighted by Crippen LogP contribution is -2.64. The topological polar surface area (TPSA) is 115 Å². The zero-order valence-electron chi connectivity index (χ0n) is 28.7. The van der Waals surface area contributed by atoms with E-state index in [0.29, 0.717) is 0 Å². The lowest BCUT2D eigenvalue weighted by molar-refractivity contribution is -0.187. The molecular formula is C44H42N2O6. The standard InChI is InChI=1S/C44H42N2O6/c47-41(45(31-35-25-11-3-12-26-35)29-17-5-15-23-33-19-7-1-8-20-33)37-38(40(44(51)52)39(37)43(49)50)42(48)46(32-36-27-13-4-14-28-36)30-18-6-16-24-34-21-9-2-10-22-34/h1-28,37-40H,29-32H2,(H,49,50)(H,51,52). The number of amides is 2. The van der Waals surface area contributed by atoms with Gasteiger partial charge >= 0.3 is 11.9 Å². The fourth-order valence-corrected chi connectivity index (χ4v) is 6.47. The van der Waals surface area contributed by atoms with Crippen LogP contribution in [0, 0.1) is 23.7 Å². The number of carboxylic acid groups (broad SMARTS) is 2. The van der Waals surface area contributed by atoms with Crippen LogP contribution in [0.3, 0.4) is 0 Å². The summed E-state index contributed by atoms with van der Waals surface area (Å²) in [6.07, 6.45) is 14.7. The third-order valence-corrected chi connectivity index (χ3v) is 9.07. The normalized spacial score (nSPS) is 18.5. The van der Waals surface area contributed by atoms with Crippen LogP contribution in [0.25, 0.3) is 12.2 Å². The molecule has 0 bridgehead atoms. The summed E-state index contributed by atoms with van der Waals surface area (Å²) < 4.78 is 0. The molecule has 4 aromatic carbocycles. The molecule has 2 amide bonds. The number of carbonyl (C=O) groups excluding carboxylic acids is 2. The van der Waals surface area contributed by atoms with Crippen molar-refractivity contribution in [3.05, 3.63) is 180 Å². The lowest BCUT2D eigenvalue weighted by Gasteiger charge is -2.48. The van der Waals surface area contributed by atoms with Crippen LogP contribution in [0.15, 0.2) is 158 Å². The van der Waals surface area contributed by atoms with Gasteiger partial charge in [-0.1, -0.05) is 170 Å². The Hall–Kier alpha value is -6.28. The SMILES string of the molecule is O=C(O)C1C(C(=O)O)C(C(=O)N(CC=CC=Cc2ccccc2)Cc2ccccc2)C1C(=O)N(CC=CC=Cc1ccccc1)Cc1ccccc1. The molecule has 1 aliphatic carbocycles. The summed E-state index contributed by atoms with van der Waals surface area (Å²) >= 11 is 0. The lowest BCUT2D eigenvalue weighted by atomic mass is 9.55. The molecule has 1 aliphatic rings. The fourth-order valence-electron chi connectivity index (χ4n) is 6.47. The van der Waals surface area contributed by atoms with Gasteiger partial charge < -0.3 is 20.0 Å². The molecule has 1 saturated carbocycles. The average molecular weight is 695 g/mol. The van der Waals surface area contributed by atoms with Crippen molar-refractivity contribution < 1.29 is 29.4 Å². The number of allylic oxidation sites excluding steroid dienone is 4. The first-order chi connectivity index (χ1) is 25.3. The zero-order valence-corrected chi connectivity index (χ0v) is 28.7. The summed E-state index contributed by atoms with van der Waals surface area (Å²) in [4.78, 5) is 57.1. The molecule has 0 heterocycles. The fraction of sp³-hybridized carbons (Fsp3) is 0.182. The Kier molecular flexibility index (Phi) is 13.3. The Bertz CT molecular complexity index is 1760. The summed E-state index contributed by atoms with van der Waals surface area (Å²) in [6.45, 7) is 0.549. The highest BCUT2D eigenvalue weighted by Gasteiger charge is 2.64. The van der Waals surface area contributed by atoms with Crippen molar-refractivity contribution in [2.45, 2.75) is 13.1 Å². The first kappa shape index (κ1) is 37.0. The Morgan fingerprint density at radius 3 is 1.12 bits per heavy atom. The van der Waals surface area contributed by atoms with Crippen molar-refractivity contribution >= 4 is 35.9 Å². The molecule has 4 unspecified atom stereocenters. The maximum atomic E-state index is 14.5. The molecule has 1 fully saturated rings. The smallest absolute Gasteiger partial charge is 0.308 e. The molecule has 0 saturated heterocycles. The highest BCUT2D eigenvalue weighted by molar-refractivity contribution is 5.99. The van der Waals surface area contributed by atoms with Gasteiger partial charge in [0.15, 0.2) is 0 Å². The summed E-state index contributed by atoms with van der Waals surface area (Å²) in [5.41, 5.74) is 3.64. The molecule has 52 heavy (non-hydrogen) atoms. The van der Waals surface area contributed by atoms with E-state index in [-0.39, 0.29) is 26.2 Å². The third-order valence-electron chi connectivity index (χ3n) is 9.07. The average Bonchev–Trinajstić information content (AvgIpc) is 3.14. The number of hydrogen-bond acceptors (Lipinski definition) is 4. The van der Waals surface area contributed by atoms with E-state index in [1.54, 1.807) is 24.3 Å². The van der Waals surface area contributed by atoms with Gasteiger partial charge in [0, 0.05) is 26.2 Å². The predicted molar refractivity (Wildman–Crippen MR) is 202 cm³/mol. The Labute approximate surface area is 304 Å². The minimum absolute atomic E-state index is 0.124. The summed E-state index contributed by atoms with van der Waals surface area (Å²) in [6, 6.07) is 38.0. The molecule has 5 rings (SSSR count). The first-order valence-electron chi connectivity index (χ1n) is 17.2. The van der Waals surface area contributed by atoms with Gasteiger partial charge in [-0.3, -0.25) is 19.2 Å². The molecule has 0 radical (unpaired) electrons. The van der Waals surface area contributed by atoms with Crippen molar-refractivity contribution in [1.82, 2.24) is 9.80 Å². The van der Waals surface area contributed by atoms with Crippen molar-refractivity contribution in [2.75, 3.05) is 13.1 Å². The summed E-state index contributed by atoms with van der Waals surface area (Å²) in [7, 11) is 0. The largest absolute Gasteiger partial charge is 0.481 e. The minimum atomic E-state index is -1.57. The maximum absolute atomic E-state index is 14.5. The van der Waals surface area contributed by atoms with Crippen LogP contribution in [-0.4, -0.2) is 56.9 Å². The number of nitrogens with zero attached hydrogens (tertiary/aromatic N) is 2. The quantitative estimate of drug-likeness (QED) is 0.120. The van der Waals surface area contributed by atoms with E-state index >= 15 is 0 Å². The minimum Gasteiger partial charge on any atom is -0.481 e. The van der Waals surface area contributed by atoms with E-state index in [1.807, 2.05) is 146 Å². The Morgan fingerprint density at radius 2 is 0.788 bits per heavy atom. The van der Waals surface area contributed by atoms with Gasteiger partial charge in [-0.25, -0.2) is 0 Å². The molecule has 264 valence electrons. The maximum Gasteiger partial charge on any atom is 0.308 e. The number of aliphatic carboxylic acids is 2. The zero-order chi connectivity index (χ0) is 36.7. The number of carboxylic acids is 2. The van der Waals surface area contributed by atoms with Crippen LogP contribution >= 0.6 is 0 Å². The van der Waals surface area contributed by atoms with Crippen LogP contribution in [-0.2, 0) is 32.3 Å². The van der Waals surface area contributed by atoms with E-state index in [1.165, 1.54) is 9.80 Å². The van der Waals surface area contributed by atoms with Gasteiger partial charge in [0.25, 0.3) is 0 Å². The first-order valence-corrected chi connectivity index (χ1v) is 17.2. The molecule has 8 nitrogen and oxygen atoms in total.